The van der Waals surface area contributed by atoms with E-state index in [0.717, 1.165) is 19.5 Å². The van der Waals surface area contributed by atoms with Gasteiger partial charge in [0.05, 0.1) is 0 Å². The van der Waals surface area contributed by atoms with E-state index in [1.54, 1.807) is 11.0 Å². The molecule has 0 bridgehead atoms. The van der Waals surface area contributed by atoms with Crippen LogP contribution in [0.4, 0.5) is 10.6 Å². The van der Waals surface area contributed by atoms with Crippen molar-refractivity contribution in [3.05, 3.63) is 11.2 Å². The molecular weight excluding hydrogens is 336 g/mol. The molecule has 1 aliphatic rings. The van der Waals surface area contributed by atoms with Crippen molar-refractivity contribution in [1.29, 1.82) is 0 Å². The van der Waals surface area contributed by atoms with Crippen LogP contribution < -0.4 is 5.32 Å². The van der Waals surface area contributed by atoms with Gasteiger partial charge in [-0.1, -0.05) is 23.4 Å². The van der Waals surface area contributed by atoms with E-state index in [2.05, 4.69) is 15.3 Å². The molecule has 1 atom stereocenters. The Labute approximate surface area is 146 Å². The van der Waals surface area contributed by atoms with Crippen LogP contribution in [0.15, 0.2) is 11.2 Å². The second kappa shape index (κ2) is 7.57. The van der Waals surface area contributed by atoms with E-state index in [1.165, 1.54) is 11.8 Å². The molecule has 6 nitrogen and oxygen atoms in total. The molecule has 1 aromatic rings. The Balaban J connectivity index is 1.84. The Morgan fingerprint density at radius 1 is 1.52 bits per heavy atom. The molecule has 2 heterocycles. The number of aromatic nitrogens is 2. The first-order chi connectivity index (χ1) is 10.8. The van der Waals surface area contributed by atoms with E-state index in [4.69, 9.17) is 16.3 Å². The van der Waals surface area contributed by atoms with Gasteiger partial charge in [-0.2, -0.15) is 0 Å². The van der Waals surface area contributed by atoms with Crippen LogP contribution in [0.25, 0.3) is 0 Å². The molecular formula is C15H23ClN4O2S. The number of carbonyl (C=O) groups excluding carboxylic acids is 1. The van der Waals surface area contributed by atoms with Gasteiger partial charge < -0.3 is 15.0 Å². The molecule has 0 radical (unpaired) electrons. The Morgan fingerprint density at radius 2 is 2.26 bits per heavy atom. The van der Waals surface area contributed by atoms with Gasteiger partial charge in [0, 0.05) is 25.7 Å². The van der Waals surface area contributed by atoms with Crippen molar-refractivity contribution in [1.82, 2.24) is 14.9 Å². The molecule has 1 aromatic heterocycles. The molecule has 0 saturated carbocycles. The lowest BCUT2D eigenvalue weighted by molar-refractivity contribution is 0.0289. The lowest BCUT2D eigenvalue weighted by Gasteiger charge is -2.24. The average molecular weight is 359 g/mol. The molecule has 0 unspecified atom stereocenters. The molecule has 0 aliphatic carbocycles. The van der Waals surface area contributed by atoms with Crippen LogP contribution in [0.1, 0.15) is 27.2 Å². The fourth-order valence-electron chi connectivity index (χ4n) is 2.32. The van der Waals surface area contributed by atoms with E-state index in [0.29, 0.717) is 28.6 Å². The van der Waals surface area contributed by atoms with Crippen LogP contribution in [0.2, 0.25) is 5.15 Å². The van der Waals surface area contributed by atoms with Crippen molar-refractivity contribution in [3.8, 4) is 0 Å². The molecule has 1 aliphatic heterocycles. The van der Waals surface area contributed by atoms with Gasteiger partial charge in [0.1, 0.15) is 16.6 Å². The van der Waals surface area contributed by atoms with Gasteiger partial charge in [0.15, 0.2) is 5.16 Å². The maximum Gasteiger partial charge on any atom is 0.410 e. The number of amides is 1. The van der Waals surface area contributed by atoms with Crippen LogP contribution in [0.3, 0.4) is 0 Å². The lowest BCUT2D eigenvalue weighted by Crippen LogP contribution is -2.35. The zero-order valence-electron chi connectivity index (χ0n) is 13.9. The largest absolute Gasteiger partial charge is 0.444 e. The van der Waals surface area contributed by atoms with Gasteiger partial charge in [-0.25, -0.2) is 14.8 Å². The van der Waals surface area contributed by atoms with Gasteiger partial charge >= 0.3 is 6.09 Å². The number of nitrogens with zero attached hydrogens (tertiary/aromatic N) is 3. The molecule has 0 aromatic carbocycles. The second-order valence-corrected chi connectivity index (χ2v) is 7.69. The first-order valence-corrected chi connectivity index (χ1v) is 9.17. The summed E-state index contributed by atoms with van der Waals surface area (Å²) in [5, 5.41) is 4.35. The highest BCUT2D eigenvalue weighted by atomic mass is 35.5. The summed E-state index contributed by atoms with van der Waals surface area (Å²) in [6, 6.07) is 1.71. The number of hydrogen-bond acceptors (Lipinski definition) is 6. The van der Waals surface area contributed by atoms with E-state index in [9.17, 15) is 4.79 Å². The number of halogens is 1. The van der Waals surface area contributed by atoms with Crippen molar-refractivity contribution in [2.24, 2.45) is 5.92 Å². The Bertz CT molecular complexity index is 565. The lowest BCUT2D eigenvalue weighted by atomic mass is 10.1. The van der Waals surface area contributed by atoms with Crippen molar-refractivity contribution in [2.45, 2.75) is 37.9 Å². The van der Waals surface area contributed by atoms with Gasteiger partial charge in [-0.3, -0.25) is 0 Å². The SMILES string of the molecule is CSc1nc(Cl)cc(NC[C@H]2CCN(C(=O)OC(C)(C)C)C2)n1. The van der Waals surface area contributed by atoms with Crippen molar-refractivity contribution >= 4 is 35.3 Å². The smallest absolute Gasteiger partial charge is 0.410 e. The zero-order valence-corrected chi connectivity index (χ0v) is 15.5. The third kappa shape index (κ3) is 5.73. The number of rotatable bonds is 4. The first kappa shape index (κ1) is 18.1. The summed E-state index contributed by atoms with van der Waals surface area (Å²) < 4.78 is 5.40. The summed E-state index contributed by atoms with van der Waals surface area (Å²) in [5.74, 6) is 1.08. The topological polar surface area (TPSA) is 67.4 Å². The Morgan fingerprint density at radius 3 is 2.91 bits per heavy atom. The minimum absolute atomic E-state index is 0.241. The van der Waals surface area contributed by atoms with Gasteiger partial charge in [-0.15, -0.1) is 0 Å². The molecule has 2 rings (SSSR count). The zero-order chi connectivity index (χ0) is 17.0. The molecule has 8 heteroatoms. The van der Waals surface area contributed by atoms with Gasteiger partial charge in [-0.05, 0) is 39.4 Å². The quantitative estimate of drug-likeness (QED) is 0.504. The summed E-state index contributed by atoms with van der Waals surface area (Å²) in [6.07, 6.45) is 2.61. The number of nitrogens with one attached hydrogen (secondary N) is 1. The molecule has 1 N–H and O–H groups in total. The first-order valence-electron chi connectivity index (χ1n) is 7.57. The second-order valence-electron chi connectivity index (χ2n) is 6.52. The number of ether oxygens (including phenoxy) is 1. The summed E-state index contributed by atoms with van der Waals surface area (Å²) in [6.45, 7) is 7.78. The predicted octanol–water partition coefficient (Wildman–Crippen LogP) is 3.52. The van der Waals surface area contributed by atoms with Crippen molar-refractivity contribution in [3.63, 3.8) is 0 Å². The van der Waals surface area contributed by atoms with E-state index < -0.39 is 5.60 Å². The normalized spacial score (nSPS) is 18.1. The fraction of sp³-hybridized carbons (Fsp3) is 0.667. The number of carbonyl (C=O) groups is 1. The molecule has 0 spiro atoms. The van der Waals surface area contributed by atoms with Gasteiger partial charge in [0.25, 0.3) is 0 Å². The molecule has 1 fully saturated rings. The maximum atomic E-state index is 12.1. The number of anilines is 1. The van der Waals surface area contributed by atoms with Crippen LogP contribution in [0, 0.1) is 5.92 Å². The highest BCUT2D eigenvalue weighted by Gasteiger charge is 2.29. The molecule has 23 heavy (non-hydrogen) atoms. The standard InChI is InChI=1S/C15H23ClN4O2S/c1-15(2,3)22-14(21)20-6-5-10(9-20)8-17-12-7-11(16)18-13(19-12)23-4/h7,10H,5-6,8-9H2,1-4H3,(H,17,18,19)/t10-/m1/s1. The third-order valence-electron chi connectivity index (χ3n) is 3.37. The van der Waals surface area contributed by atoms with Crippen LogP contribution in [-0.2, 0) is 4.74 Å². The van der Waals surface area contributed by atoms with Crippen molar-refractivity contribution < 1.29 is 9.53 Å². The highest BCUT2D eigenvalue weighted by Crippen LogP contribution is 2.21. The molecule has 1 amide bonds. The third-order valence-corrected chi connectivity index (χ3v) is 4.11. The monoisotopic (exact) mass is 358 g/mol. The molecule has 128 valence electrons. The minimum atomic E-state index is -0.459. The summed E-state index contributed by atoms with van der Waals surface area (Å²) in [7, 11) is 0. The predicted molar refractivity (Wildman–Crippen MR) is 93.2 cm³/mol. The van der Waals surface area contributed by atoms with Crippen LogP contribution in [0.5, 0.6) is 0 Å². The highest BCUT2D eigenvalue weighted by molar-refractivity contribution is 7.98. The summed E-state index contributed by atoms with van der Waals surface area (Å²) >= 11 is 7.43. The summed E-state index contributed by atoms with van der Waals surface area (Å²) in [4.78, 5) is 22.3. The molecule has 1 saturated heterocycles. The minimum Gasteiger partial charge on any atom is -0.444 e. The number of hydrogen-bond donors (Lipinski definition) is 1. The van der Waals surface area contributed by atoms with E-state index >= 15 is 0 Å². The fourth-order valence-corrected chi connectivity index (χ4v) is 2.93. The number of likely N-dealkylation sites (tertiary alicyclic amines) is 1. The van der Waals surface area contributed by atoms with E-state index in [-0.39, 0.29) is 6.09 Å². The van der Waals surface area contributed by atoms with Gasteiger partial charge in [0.2, 0.25) is 0 Å². The Kier molecular flexibility index (Phi) is 5.97. The van der Waals surface area contributed by atoms with Crippen LogP contribution >= 0.6 is 23.4 Å². The van der Waals surface area contributed by atoms with Crippen molar-refractivity contribution in [2.75, 3.05) is 31.2 Å². The maximum absolute atomic E-state index is 12.1. The average Bonchev–Trinajstić information content (AvgIpc) is 2.91. The number of thioether (sulfide) groups is 1. The van der Waals surface area contributed by atoms with Crippen LogP contribution in [-0.4, -0.2) is 52.5 Å². The Hall–Kier alpha value is -1.21. The summed E-state index contributed by atoms with van der Waals surface area (Å²) in [5.41, 5.74) is -0.459. The van der Waals surface area contributed by atoms with E-state index in [1.807, 2.05) is 27.0 Å².